The number of para-hydroxylation sites is 2. The van der Waals surface area contributed by atoms with Crippen molar-refractivity contribution in [1.82, 2.24) is 5.32 Å². The van der Waals surface area contributed by atoms with Crippen molar-refractivity contribution in [3.05, 3.63) is 48.0 Å². The Labute approximate surface area is 170 Å². The van der Waals surface area contributed by atoms with Gasteiger partial charge in [0.15, 0.2) is 11.5 Å². The molecule has 0 spiro atoms. The van der Waals surface area contributed by atoms with E-state index in [2.05, 4.69) is 17.2 Å². The van der Waals surface area contributed by atoms with E-state index in [1.807, 2.05) is 49.4 Å². The summed E-state index contributed by atoms with van der Waals surface area (Å²) in [6, 6.07) is 13.9. The van der Waals surface area contributed by atoms with Crippen molar-refractivity contribution in [2.45, 2.75) is 31.2 Å². The van der Waals surface area contributed by atoms with Crippen LogP contribution >= 0.6 is 12.0 Å². The number of hydrogen-bond donors (Lipinski definition) is 2. The van der Waals surface area contributed by atoms with Crippen molar-refractivity contribution in [2.24, 2.45) is 5.90 Å². The number of nitrogens with two attached hydrogens (primary N) is 1. The molecule has 0 amide bonds. The molecule has 0 radical (unpaired) electrons. The molecule has 0 fully saturated rings. The smallest absolute Gasteiger partial charge is 0.161 e. The average molecular weight is 409 g/mol. The van der Waals surface area contributed by atoms with Crippen LogP contribution in [0.1, 0.15) is 19.4 Å². The van der Waals surface area contributed by atoms with Crippen molar-refractivity contribution in [3.63, 3.8) is 0 Å². The Balaban J connectivity index is 1.80. The van der Waals surface area contributed by atoms with Gasteiger partial charge in [-0.15, -0.1) is 9.32 Å². The summed E-state index contributed by atoms with van der Waals surface area (Å²) in [6.07, 6.45) is 0.844. The molecule has 8 heteroatoms. The predicted octanol–water partition coefficient (Wildman–Crippen LogP) is 3.52. The fourth-order valence-corrected chi connectivity index (χ4v) is 3.25. The average Bonchev–Trinajstić information content (AvgIpc) is 2.71. The maximum atomic E-state index is 5.83. The first-order valence-electron chi connectivity index (χ1n) is 9.13. The minimum Gasteiger partial charge on any atom is -0.495 e. The molecular formula is C20H28N2O5S. The molecule has 0 heterocycles. The van der Waals surface area contributed by atoms with Crippen LogP contribution in [0.15, 0.2) is 47.4 Å². The fraction of sp³-hybridized carbons (Fsp3) is 0.400. The zero-order chi connectivity index (χ0) is 20.2. The Bertz CT molecular complexity index is 717. The Morgan fingerprint density at radius 3 is 2.50 bits per heavy atom. The molecule has 7 nitrogen and oxygen atoms in total. The van der Waals surface area contributed by atoms with E-state index in [-0.39, 0.29) is 6.04 Å². The number of rotatable bonds is 13. The van der Waals surface area contributed by atoms with Crippen LogP contribution in [-0.2, 0) is 15.7 Å². The molecule has 2 rings (SSSR count). The largest absolute Gasteiger partial charge is 0.495 e. The predicted molar refractivity (Wildman–Crippen MR) is 109 cm³/mol. The number of ether oxygens (including phenoxy) is 3. The highest BCUT2D eigenvalue weighted by atomic mass is 32.2. The van der Waals surface area contributed by atoms with E-state index >= 15 is 0 Å². The van der Waals surface area contributed by atoms with Crippen molar-refractivity contribution >= 4 is 12.0 Å². The third-order valence-electron chi connectivity index (χ3n) is 3.93. The van der Waals surface area contributed by atoms with Gasteiger partial charge in [-0.1, -0.05) is 18.2 Å². The maximum absolute atomic E-state index is 5.83. The number of nitrogens with one attached hydrogen (secondary N) is 1. The first kappa shape index (κ1) is 22.3. The normalized spacial score (nSPS) is 11.9. The Hall–Kier alpha value is -1.97. The highest BCUT2D eigenvalue weighted by molar-refractivity contribution is 7.94. The second-order valence-electron chi connectivity index (χ2n) is 6.02. The molecule has 154 valence electrons. The summed E-state index contributed by atoms with van der Waals surface area (Å²) >= 11 is 1.01. The van der Waals surface area contributed by atoms with E-state index in [1.165, 1.54) is 0 Å². The fourth-order valence-electron chi connectivity index (χ4n) is 2.71. The molecule has 2 aromatic carbocycles. The summed E-state index contributed by atoms with van der Waals surface area (Å²) in [6.45, 7) is 5.98. The van der Waals surface area contributed by atoms with Crippen molar-refractivity contribution < 1.29 is 23.5 Å². The van der Waals surface area contributed by atoms with Crippen LogP contribution in [-0.4, -0.2) is 32.9 Å². The summed E-state index contributed by atoms with van der Waals surface area (Å²) in [5, 5.41) is 3.46. The highest BCUT2D eigenvalue weighted by Crippen LogP contribution is 2.31. The second-order valence-corrected chi connectivity index (χ2v) is 6.76. The number of benzene rings is 2. The monoisotopic (exact) mass is 408 g/mol. The minimum atomic E-state index is 0.267. The van der Waals surface area contributed by atoms with E-state index in [4.69, 9.17) is 24.4 Å². The van der Waals surface area contributed by atoms with E-state index in [9.17, 15) is 0 Å². The van der Waals surface area contributed by atoms with E-state index < -0.39 is 0 Å². The van der Waals surface area contributed by atoms with Gasteiger partial charge in [-0.05, 0) is 50.1 Å². The maximum Gasteiger partial charge on any atom is 0.161 e. The van der Waals surface area contributed by atoms with Gasteiger partial charge >= 0.3 is 0 Å². The van der Waals surface area contributed by atoms with Gasteiger partial charge in [0.25, 0.3) is 0 Å². The lowest BCUT2D eigenvalue weighted by atomic mass is 10.1. The Morgan fingerprint density at radius 1 is 1.07 bits per heavy atom. The molecule has 3 N–H and O–H groups in total. The summed E-state index contributed by atoms with van der Waals surface area (Å²) in [5.74, 6) is 7.14. The molecule has 0 saturated heterocycles. The third-order valence-corrected chi connectivity index (χ3v) is 4.58. The SMILES string of the molecule is CCOc1ccccc1OCCN[C@@H](C)Cc1ccc(OC)c(SOON)c1. The van der Waals surface area contributed by atoms with Gasteiger partial charge < -0.3 is 19.5 Å². The molecule has 0 aromatic heterocycles. The Kier molecular flexibility index (Phi) is 9.95. The van der Waals surface area contributed by atoms with Crippen molar-refractivity contribution in [2.75, 3.05) is 26.9 Å². The summed E-state index contributed by atoms with van der Waals surface area (Å²) < 4.78 is 21.5. The molecule has 28 heavy (non-hydrogen) atoms. The van der Waals surface area contributed by atoms with Crippen molar-refractivity contribution in [3.8, 4) is 17.2 Å². The molecule has 0 unspecified atom stereocenters. The standard InChI is InChI=1S/C20H28N2O5S/c1-4-24-17-7-5-6-8-18(17)25-12-11-22-15(2)13-16-9-10-19(23-3)20(14-16)28-27-26-21/h5-10,14-15,22H,4,11-13,21H2,1-3H3/t15-/m0/s1. The van der Waals surface area contributed by atoms with E-state index in [0.29, 0.717) is 19.0 Å². The molecular weight excluding hydrogens is 380 g/mol. The molecule has 0 aliphatic heterocycles. The topological polar surface area (TPSA) is 84.2 Å². The van der Waals surface area contributed by atoms with Gasteiger partial charge in [-0.25, -0.2) is 0 Å². The minimum absolute atomic E-state index is 0.267. The van der Waals surface area contributed by atoms with Crippen LogP contribution in [0.4, 0.5) is 0 Å². The summed E-state index contributed by atoms with van der Waals surface area (Å²) in [4.78, 5) is 4.96. The van der Waals surface area contributed by atoms with Gasteiger partial charge in [0.1, 0.15) is 12.4 Å². The molecule has 2 aromatic rings. The van der Waals surface area contributed by atoms with Crippen LogP contribution in [0.5, 0.6) is 17.2 Å². The lowest BCUT2D eigenvalue weighted by molar-refractivity contribution is -0.195. The third kappa shape index (κ3) is 7.21. The molecule has 0 aliphatic carbocycles. The number of hydrogen-bond acceptors (Lipinski definition) is 8. The first-order chi connectivity index (χ1) is 13.7. The summed E-state index contributed by atoms with van der Waals surface area (Å²) in [7, 11) is 1.61. The second kappa shape index (κ2) is 12.5. The summed E-state index contributed by atoms with van der Waals surface area (Å²) in [5.41, 5.74) is 1.14. The van der Waals surface area contributed by atoms with E-state index in [0.717, 1.165) is 47.0 Å². The van der Waals surface area contributed by atoms with Gasteiger partial charge in [0.2, 0.25) is 0 Å². The van der Waals surface area contributed by atoms with Crippen LogP contribution in [0, 0.1) is 0 Å². The molecule has 0 saturated carbocycles. The van der Waals surface area contributed by atoms with Crippen molar-refractivity contribution in [1.29, 1.82) is 0 Å². The van der Waals surface area contributed by atoms with Gasteiger partial charge in [0.05, 0.1) is 30.7 Å². The lowest BCUT2D eigenvalue weighted by Crippen LogP contribution is -2.31. The quantitative estimate of drug-likeness (QED) is 0.225. The van der Waals surface area contributed by atoms with Crippen LogP contribution in [0.2, 0.25) is 0 Å². The van der Waals surface area contributed by atoms with Crippen LogP contribution in [0.3, 0.4) is 0 Å². The zero-order valence-electron chi connectivity index (χ0n) is 16.5. The van der Waals surface area contributed by atoms with Gasteiger partial charge in [-0.3, -0.25) is 0 Å². The highest BCUT2D eigenvalue weighted by Gasteiger charge is 2.10. The first-order valence-corrected chi connectivity index (χ1v) is 9.87. The zero-order valence-corrected chi connectivity index (χ0v) is 17.3. The number of methoxy groups -OCH3 is 1. The van der Waals surface area contributed by atoms with Crippen LogP contribution < -0.4 is 25.4 Å². The van der Waals surface area contributed by atoms with E-state index in [1.54, 1.807) is 7.11 Å². The van der Waals surface area contributed by atoms with Gasteiger partial charge in [-0.2, -0.15) is 5.90 Å². The lowest BCUT2D eigenvalue weighted by Gasteiger charge is -2.16. The molecule has 0 bridgehead atoms. The Morgan fingerprint density at radius 2 is 1.82 bits per heavy atom. The van der Waals surface area contributed by atoms with Gasteiger partial charge in [0, 0.05) is 12.6 Å². The molecule has 0 aliphatic rings. The van der Waals surface area contributed by atoms with Crippen LogP contribution in [0.25, 0.3) is 0 Å². The molecule has 1 atom stereocenters.